The normalized spacial score (nSPS) is 13.8. The van der Waals surface area contributed by atoms with Crippen molar-refractivity contribution in [2.45, 2.75) is 6.92 Å². The third-order valence-corrected chi connectivity index (χ3v) is 5.01. The maximum absolute atomic E-state index is 14.1. The first kappa shape index (κ1) is 19.9. The molecular weight excluding hydrogens is 407 g/mol. The van der Waals surface area contributed by atoms with Crippen molar-refractivity contribution in [3.8, 4) is 11.5 Å². The summed E-state index contributed by atoms with van der Waals surface area (Å²) in [7, 11) is 0. The van der Waals surface area contributed by atoms with E-state index >= 15 is 0 Å². The highest BCUT2D eigenvalue weighted by molar-refractivity contribution is 6.32. The van der Waals surface area contributed by atoms with E-state index < -0.39 is 5.82 Å². The van der Waals surface area contributed by atoms with E-state index in [1.165, 1.54) is 24.3 Å². The van der Waals surface area contributed by atoms with Crippen molar-refractivity contribution < 1.29 is 23.5 Å². The van der Waals surface area contributed by atoms with Gasteiger partial charge in [0.25, 0.3) is 0 Å². The zero-order chi connectivity index (χ0) is 21.3. The lowest BCUT2D eigenvalue weighted by Crippen LogP contribution is -2.11. The van der Waals surface area contributed by atoms with Gasteiger partial charge in [0.05, 0.1) is 10.6 Å². The molecule has 0 unspecified atom stereocenters. The first-order valence-electron chi connectivity index (χ1n) is 9.18. The number of ether oxygens (including phenoxy) is 2. The number of carbonyl (C=O) groups excluding carboxylic acids is 2. The maximum Gasteiger partial charge on any atom is 0.232 e. The molecule has 4 rings (SSSR count). The Hall–Kier alpha value is -3.44. The van der Waals surface area contributed by atoms with E-state index in [0.29, 0.717) is 28.2 Å². The Labute approximate surface area is 177 Å². The number of allylic oxidation sites excluding steroid dienone is 1. The van der Waals surface area contributed by atoms with Crippen LogP contribution in [0.25, 0.3) is 6.08 Å². The van der Waals surface area contributed by atoms with Crippen LogP contribution in [-0.2, 0) is 0 Å². The van der Waals surface area contributed by atoms with Gasteiger partial charge in [-0.3, -0.25) is 9.59 Å². The molecule has 6 heteroatoms. The fourth-order valence-corrected chi connectivity index (χ4v) is 3.41. The summed E-state index contributed by atoms with van der Waals surface area (Å²) in [5.41, 5.74) is 1.63. The Morgan fingerprint density at radius 1 is 1.13 bits per heavy atom. The van der Waals surface area contributed by atoms with Gasteiger partial charge < -0.3 is 9.47 Å². The van der Waals surface area contributed by atoms with Crippen LogP contribution < -0.4 is 9.47 Å². The molecule has 0 aliphatic carbocycles. The van der Waals surface area contributed by atoms with E-state index in [-0.39, 0.29) is 34.5 Å². The van der Waals surface area contributed by atoms with Gasteiger partial charge in [0.2, 0.25) is 5.78 Å². The van der Waals surface area contributed by atoms with Gasteiger partial charge in [-0.25, -0.2) is 4.39 Å². The second-order valence-electron chi connectivity index (χ2n) is 6.77. The lowest BCUT2D eigenvalue weighted by molar-refractivity contribution is 0.0920. The third-order valence-electron chi connectivity index (χ3n) is 4.68. The number of hydrogen-bond donors (Lipinski definition) is 0. The average Bonchev–Trinajstić information content (AvgIpc) is 3.05. The van der Waals surface area contributed by atoms with E-state index in [1.807, 2.05) is 6.07 Å². The summed E-state index contributed by atoms with van der Waals surface area (Å²) in [6.45, 7) is 1.59. The number of aryl methyl sites for hydroxylation is 1. The first-order valence-corrected chi connectivity index (χ1v) is 9.56. The molecule has 0 fully saturated rings. The van der Waals surface area contributed by atoms with Gasteiger partial charge in [-0.05, 0) is 36.8 Å². The molecule has 1 aliphatic rings. The van der Waals surface area contributed by atoms with Crippen molar-refractivity contribution in [1.82, 2.24) is 0 Å². The Morgan fingerprint density at radius 3 is 2.63 bits per heavy atom. The molecule has 150 valence electrons. The van der Waals surface area contributed by atoms with Crippen molar-refractivity contribution in [2.24, 2.45) is 0 Å². The van der Waals surface area contributed by atoms with Crippen LogP contribution in [0.5, 0.6) is 11.5 Å². The number of Topliss-reactive ketones (excluding diaryl/α,β-unsaturated/α-hetero) is 2. The third kappa shape index (κ3) is 3.84. The van der Waals surface area contributed by atoms with Crippen LogP contribution in [-0.4, -0.2) is 18.2 Å². The Kier molecular flexibility index (Phi) is 5.38. The molecule has 0 radical (unpaired) electrons. The van der Waals surface area contributed by atoms with E-state index in [0.717, 1.165) is 0 Å². The average molecular weight is 423 g/mol. The summed E-state index contributed by atoms with van der Waals surface area (Å²) in [4.78, 5) is 25.0. The standard InChI is InChI=1S/C24H16ClFO4/c1-14-10-16(29-13-20(27)15-6-3-2-4-7-15)11-21-23(14)24(28)22(30-21)12-17-18(25)8-5-9-19(17)26/h2-12H,13H2,1H3/b22-12-. The number of halogens is 2. The Bertz CT molecular complexity index is 1170. The zero-order valence-electron chi connectivity index (χ0n) is 15.9. The molecule has 0 spiro atoms. The van der Waals surface area contributed by atoms with Gasteiger partial charge in [-0.15, -0.1) is 0 Å². The molecule has 0 atom stereocenters. The smallest absolute Gasteiger partial charge is 0.232 e. The zero-order valence-corrected chi connectivity index (χ0v) is 16.7. The highest BCUT2D eigenvalue weighted by Crippen LogP contribution is 2.38. The van der Waals surface area contributed by atoms with Crippen LogP contribution in [0.3, 0.4) is 0 Å². The lowest BCUT2D eigenvalue weighted by atomic mass is 10.0. The topological polar surface area (TPSA) is 52.6 Å². The fourth-order valence-electron chi connectivity index (χ4n) is 3.20. The van der Waals surface area contributed by atoms with Crippen LogP contribution in [0.2, 0.25) is 5.02 Å². The molecule has 30 heavy (non-hydrogen) atoms. The van der Waals surface area contributed by atoms with Crippen LogP contribution in [0.4, 0.5) is 4.39 Å². The summed E-state index contributed by atoms with van der Waals surface area (Å²) < 4.78 is 25.4. The van der Waals surface area contributed by atoms with Gasteiger partial charge in [0, 0.05) is 17.2 Å². The minimum atomic E-state index is -0.553. The van der Waals surface area contributed by atoms with E-state index in [4.69, 9.17) is 21.1 Å². The molecule has 3 aromatic rings. The van der Waals surface area contributed by atoms with Gasteiger partial charge >= 0.3 is 0 Å². The Balaban J connectivity index is 1.57. The van der Waals surface area contributed by atoms with Crippen LogP contribution >= 0.6 is 11.6 Å². The van der Waals surface area contributed by atoms with Gasteiger partial charge in [0.1, 0.15) is 17.3 Å². The number of benzene rings is 3. The molecule has 0 amide bonds. The van der Waals surface area contributed by atoms with Crippen LogP contribution in [0.1, 0.15) is 31.8 Å². The summed E-state index contributed by atoms with van der Waals surface area (Å²) >= 11 is 6.04. The van der Waals surface area contributed by atoms with Crippen molar-refractivity contribution in [3.63, 3.8) is 0 Å². The van der Waals surface area contributed by atoms with E-state index in [2.05, 4.69) is 0 Å². The van der Waals surface area contributed by atoms with Gasteiger partial charge in [-0.1, -0.05) is 48.0 Å². The van der Waals surface area contributed by atoms with Crippen molar-refractivity contribution in [2.75, 3.05) is 6.61 Å². The summed E-state index contributed by atoms with van der Waals surface area (Å²) in [6, 6.07) is 16.3. The van der Waals surface area contributed by atoms with E-state index in [1.54, 1.807) is 43.3 Å². The molecule has 3 aromatic carbocycles. The number of hydrogen-bond acceptors (Lipinski definition) is 4. The molecule has 4 nitrogen and oxygen atoms in total. The SMILES string of the molecule is Cc1cc(OCC(=O)c2ccccc2)cc2c1C(=O)/C(=C/c1c(F)cccc1Cl)O2. The Morgan fingerprint density at radius 2 is 1.90 bits per heavy atom. The van der Waals surface area contributed by atoms with Gasteiger partial charge in [-0.2, -0.15) is 0 Å². The molecule has 0 saturated heterocycles. The number of fused-ring (bicyclic) bond motifs is 1. The van der Waals surface area contributed by atoms with Crippen LogP contribution in [0.15, 0.2) is 66.4 Å². The minimum Gasteiger partial charge on any atom is -0.485 e. The number of carbonyl (C=O) groups is 2. The minimum absolute atomic E-state index is 0.0300. The molecule has 0 aromatic heterocycles. The van der Waals surface area contributed by atoms with Crippen molar-refractivity contribution in [1.29, 1.82) is 0 Å². The monoisotopic (exact) mass is 422 g/mol. The summed E-state index contributed by atoms with van der Waals surface area (Å²) in [5.74, 6) is -0.427. The second-order valence-corrected chi connectivity index (χ2v) is 7.17. The van der Waals surface area contributed by atoms with E-state index in [9.17, 15) is 14.0 Å². The van der Waals surface area contributed by atoms with Crippen molar-refractivity contribution in [3.05, 3.63) is 99.5 Å². The van der Waals surface area contributed by atoms with Crippen molar-refractivity contribution >= 4 is 29.2 Å². The van der Waals surface area contributed by atoms with Crippen LogP contribution in [0, 0.1) is 12.7 Å². The molecule has 0 bridgehead atoms. The lowest BCUT2D eigenvalue weighted by Gasteiger charge is -2.08. The highest BCUT2D eigenvalue weighted by atomic mass is 35.5. The maximum atomic E-state index is 14.1. The molecule has 0 N–H and O–H groups in total. The fraction of sp³-hybridized carbons (Fsp3) is 0.0833. The quantitative estimate of drug-likeness (QED) is 0.393. The molecule has 1 heterocycles. The number of rotatable bonds is 5. The second kappa shape index (κ2) is 8.13. The molecular formula is C24H16ClFO4. The van der Waals surface area contributed by atoms with Gasteiger partial charge in [0.15, 0.2) is 18.1 Å². The summed E-state index contributed by atoms with van der Waals surface area (Å²) in [6.07, 6.45) is 1.29. The highest BCUT2D eigenvalue weighted by Gasteiger charge is 2.30. The predicted octanol–water partition coefficient (Wildman–Crippen LogP) is 5.67. The molecule has 1 aliphatic heterocycles. The molecule has 0 saturated carbocycles. The first-order chi connectivity index (χ1) is 14.4. The largest absolute Gasteiger partial charge is 0.485 e. The summed E-state index contributed by atoms with van der Waals surface area (Å²) in [5, 5.41) is 0.176. The number of ketones is 2. The predicted molar refractivity (Wildman–Crippen MR) is 112 cm³/mol.